The lowest BCUT2D eigenvalue weighted by molar-refractivity contribution is -0.142. The third-order valence-corrected chi connectivity index (χ3v) is 6.06. The van der Waals surface area contributed by atoms with Crippen LogP contribution in [0.1, 0.15) is 50.5 Å². The first kappa shape index (κ1) is 20.5. The zero-order valence-corrected chi connectivity index (χ0v) is 17.6. The molecule has 0 radical (unpaired) electrons. The van der Waals surface area contributed by atoms with Crippen LogP contribution in [0.2, 0.25) is 0 Å². The number of amides is 1. The summed E-state index contributed by atoms with van der Waals surface area (Å²) in [6.45, 7) is 6.05. The minimum absolute atomic E-state index is 0.0755. The van der Waals surface area contributed by atoms with Crippen LogP contribution in [0.25, 0.3) is 0 Å². The highest BCUT2D eigenvalue weighted by atomic mass is 32.2. The van der Waals surface area contributed by atoms with Crippen molar-refractivity contribution in [2.24, 2.45) is 0 Å². The Kier molecular flexibility index (Phi) is 6.50. The fourth-order valence-electron chi connectivity index (χ4n) is 2.81. The lowest BCUT2D eigenvalue weighted by Crippen LogP contribution is -2.28. The molecule has 1 unspecified atom stereocenters. The molecular weight excluding hydrogens is 400 g/mol. The van der Waals surface area contributed by atoms with E-state index < -0.39 is 0 Å². The lowest BCUT2D eigenvalue weighted by Gasteiger charge is -2.13. The molecule has 3 rings (SSSR count). The van der Waals surface area contributed by atoms with E-state index in [-0.39, 0.29) is 42.2 Å². The van der Waals surface area contributed by atoms with Gasteiger partial charge in [-0.15, -0.1) is 11.3 Å². The number of rotatable bonds is 7. The Morgan fingerprint density at radius 3 is 2.89 bits per heavy atom. The zero-order chi connectivity index (χ0) is 20.3. The third kappa shape index (κ3) is 4.79. The molecule has 0 spiro atoms. The zero-order valence-electron chi connectivity index (χ0n) is 15.9. The highest BCUT2D eigenvalue weighted by Crippen LogP contribution is 2.33. The van der Waals surface area contributed by atoms with Crippen molar-refractivity contribution in [3.8, 4) is 0 Å². The fraction of sp³-hybridized carbons (Fsp3) is 0.500. The molecule has 2 aromatic rings. The molecule has 1 aliphatic heterocycles. The van der Waals surface area contributed by atoms with Gasteiger partial charge in [-0.25, -0.2) is 9.97 Å². The second-order valence-corrected chi connectivity index (χ2v) is 8.51. The number of thioether (sulfide) groups is 1. The predicted molar refractivity (Wildman–Crippen MR) is 108 cm³/mol. The van der Waals surface area contributed by atoms with E-state index in [0.717, 1.165) is 5.69 Å². The SMILES string of the molecule is CCOC(=O)Cc1csc(NC(=O)CC2CSc3nc(C(C)C)cc(=O)n32)n1. The van der Waals surface area contributed by atoms with E-state index in [2.05, 4.69) is 15.3 Å². The molecule has 150 valence electrons. The molecule has 0 aromatic carbocycles. The van der Waals surface area contributed by atoms with Crippen molar-refractivity contribution in [1.82, 2.24) is 14.5 Å². The smallest absolute Gasteiger partial charge is 0.311 e. The maximum absolute atomic E-state index is 12.5. The summed E-state index contributed by atoms with van der Waals surface area (Å²) in [5.74, 6) is 0.229. The van der Waals surface area contributed by atoms with Crippen molar-refractivity contribution in [3.63, 3.8) is 0 Å². The van der Waals surface area contributed by atoms with E-state index in [1.165, 1.54) is 23.1 Å². The van der Waals surface area contributed by atoms with Gasteiger partial charge in [-0.05, 0) is 12.8 Å². The van der Waals surface area contributed by atoms with E-state index in [0.29, 0.717) is 28.3 Å². The number of fused-ring (bicyclic) bond motifs is 1. The fourth-order valence-corrected chi connectivity index (χ4v) is 4.69. The summed E-state index contributed by atoms with van der Waals surface area (Å²) in [4.78, 5) is 45.2. The molecule has 2 aromatic heterocycles. The van der Waals surface area contributed by atoms with Crippen LogP contribution < -0.4 is 10.9 Å². The summed E-state index contributed by atoms with van der Waals surface area (Å²) in [7, 11) is 0. The van der Waals surface area contributed by atoms with Crippen molar-refractivity contribution < 1.29 is 14.3 Å². The Hall–Kier alpha value is -2.20. The largest absolute Gasteiger partial charge is 0.466 e. The average Bonchev–Trinajstić information content (AvgIpc) is 3.22. The van der Waals surface area contributed by atoms with Crippen LogP contribution in [0.15, 0.2) is 21.4 Å². The number of esters is 1. The number of ether oxygens (including phenoxy) is 1. The molecule has 1 aliphatic rings. The molecule has 0 fully saturated rings. The number of thiazole rings is 1. The summed E-state index contributed by atoms with van der Waals surface area (Å²) in [6, 6.07) is 1.31. The van der Waals surface area contributed by atoms with Crippen LogP contribution in [0, 0.1) is 0 Å². The number of hydrogen-bond acceptors (Lipinski definition) is 8. The highest BCUT2D eigenvalue weighted by Gasteiger charge is 2.28. The Bertz CT molecular complexity index is 938. The number of nitrogens with one attached hydrogen (secondary N) is 1. The molecule has 10 heteroatoms. The standard InChI is InChI=1S/C18H22N4O4S2/c1-4-26-16(25)5-11-8-27-17(19-11)21-14(23)6-12-9-28-18-20-13(10(2)3)7-15(24)22(12)18/h7-8,10,12H,4-6,9H2,1-3H3,(H,19,21,23). The molecule has 0 aliphatic carbocycles. The maximum Gasteiger partial charge on any atom is 0.311 e. The van der Waals surface area contributed by atoms with Crippen LogP contribution in [0.3, 0.4) is 0 Å². The lowest BCUT2D eigenvalue weighted by atomic mass is 10.1. The molecule has 8 nitrogen and oxygen atoms in total. The van der Waals surface area contributed by atoms with E-state index in [4.69, 9.17) is 4.74 Å². The van der Waals surface area contributed by atoms with E-state index in [1.54, 1.807) is 22.9 Å². The number of anilines is 1. The van der Waals surface area contributed by atoms with Gasteiger partial charge in [0.25, 0.3) is 5.56 Å². The van der Waals surface area contributed by atoms with Crippen molar-refractivity contribution in [2.45, 2.75) is 50.7 Å². The van der Waals surface area contributed by atoms with Crippen molar-refractivity contribution in [3.05, 3.63) is 33.2 Å². The predicted octanol–water partition coefficient (Wildman–Crippen LogP) is 2.60. The normalized spacial score (nSPS) is 15.5. The first-order valence-electron chi connectivity index (χ1n) is 9.03. The highest BCUT2D eigenvalue weighted by molar-refractivity contribution is 7.99. The van der Waals surface area contributed by atoms with Gasteiger partial charge in [-0.2, -0.15) is 0 Å². The summed E-state index contributed by atoms with van der Waals surface area (Å²) < 4.78 is 6.49. The number of carbonyl (C=O) groups is 2. The summed E-state index contributed by atoms with van der Waals surface area (Å²) in [6.07, 6.45) is 0.238. The molecule has 3 heterocycles. The van der Waals surface area contributed by atoms with Crippen LogP contribution in [-0.4, -0.2) is 38.8 Å². The average molecular weight is 423 g/mol. The molecule has 0 bridgehead atoms. The summed E-state index contributed by atoms with van der Waals surface area (Å²) in [5, 5.41) is 5.56. The number of aromatic nitrogens is 3. The second kappa shape index (κ2) is 8.87. The number of nitrogens with zero attached hydrogens (tertiary/aromatic N) is 3. The van der Waals surface area contributed by atoms with Crippen molar-refractivity contribution >= 4 is 40.1 Å². The Balaban J connectivity index is 1.62. The quantitative estimate of drug-likeness (QED) is 0.540. The van der Waals surface area contributed by atoms with Gasteiger partial charge in [-0.3, -0.25) is 19.0 Å². The minimum Gasteiger partial charge on any atom is -0.466 e. The van der Waals surface area contributed by atoms with Crippen LogP contribution in [0.4, 0.5) is 5.13 Å². The van der Waals surface area contributed by atoms with Gasteiger partial charge in [0.2, 0.25) is 5.91 Å². The van der Waals surface area contributed by atoms with Crippen molar-refractivity contribution in [1.29, 1.82) is 0 Å². The molecule has 0 saturated carbocycles. The van der Waals surface area contributed by atoms with Gasteiger partial charge in [-0.1, -0.05) is 25.6 Å². The first-order chi connectivity index (χ1) is 13.4. The van der Waals surface area contributed by atoms with E-state index >= 15 is 0 Å². The summed E-state index contributed by atoms with van der Waals surface area (Å²) >= 11 is 2.75. The first-order valence-corrected chi connectivity index (χ1v) is 10.9. The van der Waals surface area contributed by atoms with Gasteiger partial charge in [0.15, 0.2) is 10.3 Å². The molecule has 1 N–H and O–H groups in total. The van der Waals surface area contributed by atoms with Gasteiger partial charge in [0.1, 0.15) is 0 Å². The molecule has 28 heavy (non-hydrogen) atoms. The Morgan fingerprint density at radius 2 is 2.18 bits per heavy atom. The number of hydrogen-bond donors (Lipinski definition) is 1. The van der Waals surface area contributed by atoms with Crippen LogP contribution in [-0.2, 0) is 20.7 Å². The Labute approximate surface area is 170 Å². The minimum atomic E-state index is -0.349. The van der Waals surface area contributed by atoms with Gasteiger partial charge in [0.05, 0.1) is 30.5 Å². The summed E-state index contributed by atoms with van der Waals surface area (Å²) in [5.41, 5.74) is 1.20. The number of carbonyl (C=O) groups excluding carboxylic acids is 2. The Morgan fingerprint density at radius 1 is 1.39 bits per heavy atom. The van der Waals surface area contributed by atoms with Crippen molar-refractivity contribution in [2.75, 3.05) is 17.7 Å². The topological polar surface area (TPSA) is 103 Å². The van der Waals surface area contributed by atoms with Crippen LogP contribution >= 0.6 is 23.1 Å². The molecule has 1 amide bonds. The van der Waals surface area contributed by atoms with E-state index in [9.17, 15) is 14.4 Å². The van der Waals surface area contributed by atoms with Crippen LogP contribution in [0.5, 0.6) is 0 Å². The molecule has 0 saturated heterocycles. The second-order valence-electron chi connectivity index (χ2n) is 6.67. The van der Waals surface area contributed by atoms with Gasteiger partial charge < -0.3 is 10.1 Å². The maximum atomic E-state index is 12.5. The van der Waals surface area contributed by atoms with Gasteiger partial charge in [0, 0.05) is 23.6 Å². The third-order valence-electron chi connectivity index (χ3n) is 4.15. The molecular formula is C18H22N4O4S2. The van der Waals surface area contributed by atoms with Gasteiger partial charge >= 0.3 is 5.97 Å². The van der Waals surface area contributed by atoms with E-state index in [1.807, 2.05) is 13.8 Å². The molecule has 1 atom stereocenters. The monoisotopic (exact) mass is 422 g/mol.